The first kappa shape index (κ1) is 14.2. The van der Waals surface area contributed by atoms with Crippen molar-refractivity contribution in [3.05, 3.63) is 29.8 Å². The Labute approximate surface area is 126 Å². The summed E-state index contributed by atoms with van der Waals surface area (Å²) in [6.45, 7) is 1.17. The summed E-state index contributed by atoms with van der Waals surface area (Å²) in [5, 5.41) is 3.50. The Hall–Kier alpha value is -0.710. The molecule has 0 amide bonds. The second-order valence-electron chi connectivity index (χ2n) is 5.78. The number of nitrogens with zero attached hydrogens (tertiary/aromatic N) is 1. The Morgan fingerprint density at radius 2 is 2.25 bits per heavy atom. The van der Waals surface area contributed by atoms with Crippen LogP contribution in [0.1, 0.15) is 24.4 Å². The van der Waals surface area contributed by atoms with Gasteiger partial charge in [0.2, 0.25) is 0 Å². The number of rotatable bonds is 5. The number of hydrogen-bond donors (Lipinski definition) is 1. The molecule has 0 radical (unpaired) electrons. The van der Waals surface area contributed by atoms with Gasteiger partial charge in [0.1, 0.15) is 5.75 Å². The van der Waals surface area contributed by atoms with Crippen LogP contribution in [0.4, 0.5) is 0 Å². The summed E-state index contributed by atoms with van der Waals surface area (Å²) >= 11 is 2.06. The minimum atomic E-state index is 0.371. The number of thioether (sulfide) groups is 1. The third kappa shape index (κ3) is 3.30. The summed E-state index contributed by atoms with van der Waals surface area (Å²) in [4.78, 5) is 2.48. The molecule has 1 aromatic rings. The Morgan fingerprint density at radius 3 is 2.95 bits per heavy atom. The van der Waals surface area contributed by atoms with Gasteiger partial charge in [0.15, 0.2) is 0 Å². The summed E-state index contributed by atoms with van der Waals surface area (Å²) in [6.07, 6.45) is 2.88. The molecule has 1 aliphatic heterocycles. The molecule has 3 nitrogen and oxygen atoms in total. The molecule has 3 rings (SSSR count). The zero-order chi connectivity index (χ0) is 13.9. The number of nitrogens with one attached hydrogen (secondary N) is 1. The molecule has 110 valence electrons. The molecule has 0 spiro atoms. The number of benzene rings is 1. The third-order valence-electron chi connectivity index (χ3n) is 4.18. The highest BCUT2D eigenvalue weighted by atomic mass is 32.2. The Kier molecular flexibility index (Phi) is 4.54. The molecule has 1 N–H and O–H groups in total. The quantitative estimate of drug-likeness (QED) is 0.901. The molecule has 0 aromatic heterocycles. The van der Waals surface area contributed by atoms with Crippen molar-refractivity contribution in [3.63, 3.8) is 0 Å². The van der Waals surface area contributed by atoms with Crippen LogP contribution in [0, 0.1) is 0 Å². The van der Waals surface area contributed by atoms with E-state index in [-0.39, 0.29) is 0 Å². The maximum Gasteiger partial charge on any atom is 0.120 e. The van der Waals surface area contributed by atoms with E-state index in [9.17, 15) is 0 Å². The maximum absolute atomic E-state index is 5.93. The van der Waals surface area contributed by atoms with Crippen molar-refractivity contribution in [2.75, 3.05) is 32.1 Å². The molecule has 1 saturated heterocycles. The minimum absolute atomic E-state index is 0.371. The van der Waals surface area contributed by atoms with Crippen LogP contribution < -0.4 is 10.1 Å². The highest BCUT2D eigenvalue weighted by molar-refractivity contribution is 7.99. The predicted molar refractivity (Wildman–Crippen MR) is 85.6 cm³/mol. The molecule has 0 bridgehead atoms. The van der Waals surface area contributed by atoms with Gasteiger partial charge in [-0.3, -0.25) is 4.90 Å². The first-order valence-electron chi connectivity index (χ1n) is 7.50. The fourth-order valence-corrected chi connectivity index (χ4v) is 4.07. The van der Waals surface area contributed by atoms with Crippen LogP contribution in [0.5, 0.6) is 5.75 Å². The Balaban J connectivity index is 1.76. The van der Waals surface area contributed by atoms with Gasteiger partial charge in [-0.05, 0) is 44.6 Å². The highest BCUT2D eigenvalue weighted by Crippen LogP contribution is 2.31. The lowest BCUT2D eigenvalue weighted by Gasteiger charge is -2.38. The molecule has 20 heavy (non-hydrogen) atoms. The van der Waals surface area contributed by atoms with Crippen molar-refractivity contribution < 1.29 is 4.74 Å². The normalized spacial score (nSPS) is 25.4. The average Bonchev–Trinajstić information content (AvgIpc) is 3.26. The Morgan fingerprint density at radius 1 is 1.40 bits per heavy atom. The van der Waals surface area contributed by atoms with E-state index in [0.29, 0.717) is 18.2 Å². The van der Waals surface area contributed by atoms with Crippen LogP contribution in [-0.2, 0) is 0 Å². The molecule has 2 fully saturated rings. The smallest absolute Gasteiger partial charge is 0.120 e. The fraction of sp³-hybridized carbons (Fsp3) is 0.625. The zero-order valence-corrected chi connectivity index (χ0v) is 13.2. The second-order valence-corrected chi connectivity index (χ2v) is 6.93. The van der Waals surface area contributed by atoms with E-state index in [1.165, 1.54) is 36.5 Å². The molecule has 2 aliphatic rings. The molecule has 2 atom stereocenters. The topological polar surface area (TPSA) is 24.5 Å². The Bertz CT molecular complexity index is 450. The van der Waals surface area contributed by atoms with E-state index < -0.39 is 0 Å². The fourth-order valence-electron chi connectivity index (χ4n) is 2.80. The monoisotopic (exact) mass is 292 g/mol. The van der Waals surface area contributed by atoms with Gasteiger partial charge in [-0.2, -0.15) is 11.8 Å². The molecular weight excluding hydrogens is 268 g/mol. The predicted octanol–water partition coefficient (Wildman–Crippen LogP) is 2.54. The summed E-state index contributed by atoms with van der Waals surface area (Å²) in [5.74, 6) is 3.46. The van der Waals surface area contributed by atoms with Crippen LogP contribution in [0.25, 0.3) is 0 Å². The summed E-state index contributed by atoms with van der Waals surface area (Å²) < 4.78 is 5.93. The van der Waals surface area contributed by atoms with Crippen LogP contribution in [0.2, 0.25) is 0 Å². The SMILES string of the molecule is CNC(c1cccc(OC2CC2)c1)C1CSCCN1C. The van der Waals surface area contributed by atoms with Crippen molar-refractivity contribution >= 4 is 11.8 Å². The van der Waals surface area contributed by atoms with Crippen molar-refractivity contribution in [2.24, 2.45) is 0 Å². The first-order chi connectivity index (χ1) is 9.78. The van der Waals surface area contributed by atoms with Gasteiger partial charge in [-0.15, -0.1) is 0 Å². The van der Waals surface area contributed by atoms with E-state index >= 15 is 0 Å². The average molecular weight is 292 g/mol. The van der Waals surface area contributed by atoms with Crippen molar-refractivity contribution in [1.29, 1.82) is 0 Å². The number of likely N-dealkylation sites (N-methyl/N-ethyl adjacent to an activating group) is 2. The summed E-state index contributed by atoms with van der Waals surface area (Å²) in [7, 11) is 4.30. The largest absolute Gasteiger partial charge is 0.490 e. The van der Waals surface area contributed by atoms with E-state index in [1.807, 2.05) is 0 Å². The number of ether oxygens (including phenoxy) is 1. The molecule has 1 saturated carbocycles. The molecule has 4 heteroatoms. The van der Waals surface area contributed by atoms with E-state index in [1.54, 1.807) is 0 Å². The standard InChI is InChI=1S/C16H24N2OS/c1-17-16(15-11-20-9-8-18(15)2)12-4-3-5-14(10-12)19-13-6-7-13/h3-5,10,13,15-17H,6-9,11H2,1-2H3. The van der Waals surface area contributed by atoms with Crippen LogP contribution in [-0.4, -0.2) is 49.2 Å². The van der Waals surface area contributed by atoms with Crippen LogP contribution in [0.3, 0.4) is 0 Å². The van der Waals surface area contributed by atoms with Crippen LogP contribution >= 0.6 is 11.8 Å². The lowest BCUT2D eigenvalue weighted by atomic mass is 9.99. The molecule has 2 unspecified atom stereocenters. The minimum Gasteiger partial charge on any atom is -0.490 e. The van der Waals surface area contributed by atoms with Gasteiger partial charge in [0, 0.05) is 30.1 Å². The highest BCUT2D eigenvalue weighted by Gasteiger charge is 2.29. The van der Waals surface area contributed by atoms with Crippen molar-refractivity contribution in [3.8, 4) is 5.75 Å². The summed E-state index contributed by atoms with van der Waals surface area (Å²) in [5.41, 5.74) is 1.34. The van der Waals surface area contributed by atoms with Gasteiger partial charge in [0.25, 0.3) is 0 Å². The van der Waals surface area contributed by atoms with Crippen LogP contribution in [0.15, 0.2) is 24.3 Å². The maximum atomic E-state index is 5.93. The van der Waals surface area contributed by atoms with E-state index in [0.717, 1.165) is 5.75 Å². The second kappa shape index (κ2) is 6.37. The van der Waals surface area contributed by atoms with Crippen molar-refractivity contribution in [2.45, 2.75) is 31.0 Å². The lowest BCUT2D eigenvalue weighted by molar-refractivity contribution is 0.220. The molecule has 1 aliphatic carbocycles. The third-order valence-corrected chi connectivity index (χ3v) is 5.23. The number of hydrogen-bond acceptors (Lipinski definition) is 4. The molecular formula is C16H24N2OS. The zero-order valence-electron chi connectivity index (χ0n) is 12.3. The van der Waals surface area contributed by atoms with E-state index in [2.05, 4.69) is 60.3 Å². The van der Waals surface area contributed by atoms with E-state index in [4.69, 9.17) is 4.74 Å². The van der Waals surface area contributed by atoms with Crippen molar-refractivity contribution in [1.82, 2.24) is 10.2 Å². The van der Waals surface area contributed by atoms with Gasteiger partial charge in [-0.25, -0.2) is 0 Å². The lowest BCUT2D eigenvalue weighted by Crippen LogP contribution is -2.47. The molecule has 1 aromatic carbocycles. The first-order valence-corrected chi connectivity index (χ1v) is 8.65. The summed E-state index contributed by atoms with van der Waals surface area (Å²) in [6, 6.07) is 9.55. The molecule has 1 heterocycles. The van der Waals surface area contributed by atoms with Gasteiger partial charge in [-0.1, -0.05) is 12.1 Å². The van der Waals surface area contributed by atoms with Gasteiger partial charge < -0.3 is 10.1 Å². The van der Waals surface area contributed by atoms with Gasteiger partial charge >= 0.3 is 0 Å². The van der Waals surface area contributed by atoms with Gasteiger partial charge in [0.05, 0.1) is 6.10 Å².